The number of hydrogen-bond acceptors (Lipinski definition) is 4. The topological polar surface area (TPSA) is 50.4 Å². The quantitative estimate of drug-likeness (QED) is 0.867. The molecule has 3 rings (SSSR count). The summed E-state index contributed by atoms with van der Waals surface area (Å²) in [6.45, 7) is 0.530. The summed E-state index contributed by atoms with van der Waals surface area (Å²) in [6.07, 6.45) is 1.83. The van der Waals surface area contributed by atoms with Gasteiger partial charge in [-0.05, 0) is 30.7 Å². The van der Waals surface area contributed by atoms with Gasteiger partial charge in [0.05, 0.1) is 12.2 Å². The molecule has 1 fully saturated rings. The minimum Gasteiger partial charge on any atom is -0.477 e. The first-order chi connectivity index (χ1) is 9.33. The van der Waals surface area contributed by atoms with Crippen molar-refractivity contribution >= 4 is 23.4 Å². The van der Waals surface area contributed by atoms with Crippen LogP contribution >= 0.6 is 11.8 Å². The molecule has 0 saturated carbocycles. The average Bonchev–Trinajstić information content (AvgIpc) is 2.48. The van der Waals surface area contributed by atoms with Crippen molar-refractivity contribution in [2.75, 3.05) is 23.4 Å². The maximum Gasteiger partial charge on any atom is 0.263 e. The lowest BCUT2D eigenvalue weighted by Gasteiger charge is -2.29. The highest BCUT2D eigenvalue weighted by Crippen LogP contribution is 2.28. The van der Waals surface area contributed by atoms with E-state index in [4.69, 9.17) is 4.74 Å². The first-order valence-corrected chi connectivity index (χ1v) is 7.86. The second-order valence-corrected chi connectivity index (χ2v) is 6.06. The smallest absolute Gasteiger partial charge is 0.263 e. The van der Waals surface area contributed by atoms with Crippen LogP contribution in [0.15, 0.2) is 24.3 Å². The number of carbonyl (C=O) groups is 1. The fourth-order valence-electron chi connectivity index (χ4n) is 2.41. The Labute approximate surface area is 117 Å². The SMILES string of the molecule is O=C(NC1CCCSC1)C1CNc2ccccc2O1. The molecule has 2 unspecified atom stereocenters. The molecule has 2 heterocycles. The van der Waals surface area contributed by atoms with Crippen molar-refractivity contribution in [3.63, 3.8) is 0 Å². The van der Waals surface area contributed by atoms with Crippen LogP contribution in [0, 0.1) is 0 Å². The third-order valence-corrected chi connectivity index (χ3v) is 4.65. The summed E-state index contributed by atoms with van der Waals surface area (Å²) in [5.74, 6) is 2.98. The van der Waals surface area contributed by atoms with Gasteiger partial charge >= 0.3 is 0 Å². The Hall–Kier alpha value is -1.36. The number of thioether (sulfide) groups is 1. The summed E-state index contributed by atoms with van der Waals surface area (Å²) in [4.78, 5) is 12.2. The molecule has 0 aromatic heterocycles. The average molecular weight is 278 g/mol. The highest BCUT2D eigenvalue weighted by Gasteiger charge is 2.27. The fourth-order valence-corrected chi connectivity index (χ4v) is 3.48. The van der Waals surface area contributed by atoms with Crippen LogP contribution in [0.3, 0.4) is 0 Å². The van der Waals surface area contributed by atoms with E-state index in [2.05, 4.69) is 10.6 Å². The largest absolute Gasteiger partial charge is 0.477 e. The van der Waals surface area contributed by atoms with Gasteiger partial charge in [-0.25, -0.2) is 0 Å². The number of anilines is 1. The molecule has 2 N–H and O–H groups in total. The van der Waals surface area contributed by atoms with Crippen molar-refractivity contribution in [1.82, 2.24) is 5.32 Å². The van der Waals surface area contributed by atoms with Crippen LogP contribution in [-0.2, 0) is 4.79 Å². The molecule has 19 heavy (non-hydrogen) atoms. The van der Waals surface area contributed by atoms with Crippen molar-refractivity contribution in [3.05, 3.63) is 24.3 Å². The Bertz CT molecular complexity index is 461. The number of amides is 1. The molecular weight excluding hydrogens is 260 g/mol. The van der Waals surface area contributed by atoms with Crippen LogP contribution < -0.4 is 15.4 Å². The molecule has 1 aromatic rings. The van der Waals surface area contributed by atoms with Crippen molar-refractivity contribution < 1.29 is 9.53 Å². The lowest BCUT2D eigenvalue weighted by molar-refractivity contribution is -0.128. The Morgan fingerprint density at radius 3 is 3.16 bits per heavy atom. The number of ether oxygens (including phenoxy) is 1. The normalized spacial score (nSPS) is 25.7. The fraction of sp³-hybridized carbons (Fsp3) is 0.500. The lowest BCUT2D eigenvalue weighted by Crippen LogP contribution is -2.49. The van der Waals surface area contributed by atoms with Gasteiger partial charge in [-0.1, -0.05) is 12.1 Å². The Balaban J connectivity index is 1.59. The van der Waals surface area contributed by atoms with E-state index in [1.807, 2.05) is 36.0 Å². The highest BCUT2D eigenvalue weighted by molar-refractivity contribution is 7.99. The molecule has 2 atom stereocenters. The van der Waals surface area contributed by atoms with Crippen LogP contribution in [0.2, 0.25) is 0 Å². The van der Waals surface area contributed by atoms with Crippen LogP contribution in [0.25, 0.3) is 0 Å². The predicted octanol–water partition coefficient (Wildman–Crippen LogP) is 1.87. The molecule has 2 aliphatic rings. The van der Waals surface area contributed by atoms with Gasteiger partial charge < -0.3 is 15.4 Å². The van der Waals surface area contributed by atoms with E-state index in [1.54, 1.807) is 0 Å². The molecule has 102 valence electrons. The number of hydrogen-bond donors (Lipinski definition) is 2. The Morgan fingerprint density at radius 1 is 1.42 bits per heavy atom. The van der Waals surface area contributed by atoms with Gasteiger partial charge in [0.2, 0.25) is 0 Å². The van der Waals surface area contributed by atoms with E-state index >= 15 is 0 Å². The zero-order valence-corrected chi connectivity index (χ0v) is 11.5. The van der Waals surface area contributed by atoms with Gasteiger partial charge in [0.15, 0.2) is 6.10 Å². The third kappa shape index (κ3) is 2.97. The molecule has 0 spiro atoms. The van der Waals surface area contributed by atoms with Crippen molar-refractivity contribution in [3.8, 4) is 5.75 Å². The molecule has 0 aliphatic carbocycles. The maximum atomic E-state index is 12.2. The van der Waals surface area contributed by atoms with Gasteiger partial charge in [0.1, 0.15) is 5.75 Å². The van der Waals surface area contributed by atoms with Crippen LogP contribution in [0.1, 0.15) is 12.8 Å². The zero-order chi connectivity index (χ0) is 13.1. The minimum atomic E-state index is -0.429. The molecule has 4 nitrogen and oxygen atoms in total. The number of carbonyl (C=O) groups excluding carboxylic acids is 1. The summed E-state index contributed by atoms with van der Waals surface area (Å²) < 4.78 is 5.75. The highest BCUT2D eigenvalue weighted by atomic mass is 32.2. The molecule has 5 heteroatoms. The molecule has 1 saturated heterocycles. The molecule has 1 amide bonds. The number of benzene rings is 1. The van der Waals surface area contributed by atoms with E-state index < -0.39 is 6.10 Å². The monoisotopic (exact) mass is 278 g/mol. The van der Waals surface area contributed by atoms with E-state index in [0.717, 1.165) is 23.6 Å². The summed E-state index contributed by atoms with van der Waals surface area (Å²) in [5.41, 5.74) is 0.958. The summed E-state index contributed by atoms with van der Waals surface area (Å²) in [5, 5.41) is 6.33. The number of nitrogens with one attached hydrogen (secondary N) is 2. The maximum absolute atomic E-state index is 12.2. The predicted molar refractivity (Wildman–Crippen MR) is 77.8 cm³/mol. The second kappa shape index (κ2) is 5.74. The number of fused-ring (bicyclic) bond motifs is 1. The first kappa shape index (κ1) is 12.7. The third-order valence-electron chi connectivity index (χ3n) is 3.43. The van der Waals surface area contributed by atoms with Gasteiger partial charge in [-0.15, -0.1) is 0 Å². The first-order valence-electron chi connectivity index (χ1n) is 6.70. The van der Waals surface area contributed by atoms with E-state index in [9.17, 15) is 4.79 Å². The summed E-state index contributed by atoms with van der Waals surface area (Å²) in [7, 11) is 0. The van der Waals surface area contributed by atoms with E-state index in [1.165, 1.54) is 12.2 Å². The number of rotatable bonds is 2. The molecule has 0 bridgehead atoms. The summed E-state index contributed by atoms with van der Waals surface area (Å²) >= 11 is 1.91. The molecule has 0 radical (unpaired) electrons. The van der Waals surface area contributed by atoms with Gasteiger partial charge in [0, 0.05) is 11.8 Å². The zero-order valence-electron chi connectivity index (χ0n) is 10.7. The van der Waals surface area contributed by atoms with E-state index in [-0.39, 0.29) is 5.91 Å². The van der Waals surface area contributed by atoms with Crippen LogP contribution in [-0.4, -0.2) is 36.1 Å². The van der Waals surface area contributed by atoms with Gasteiger partial charge in [-0.3, -0.25) is 4.79 Å². The van der Waals surface area contributed by atoms with Crippen molar-refractivity contribution in [2.45, 2.75) is 25.0 Å². The summed E-state index contributed by atoms with van der Waals surface area (Å²) in [6, 6.07) is 8.01. The van der Waals surface area contributed by atoms with E-state index in [0.29, 0.717) is 12.6 Å². The Kier molecular flexibility index (Phi) is 3.82. The second-order valence-electron chi connectivity index (χ2n) is 4.91. The lowest BCUT2D eigenvalue weighted by atomic mass is 10.1. The van der Waals surface area contributed by atoms with Crippen LogP contribution in [0.4, 0.5) is 5.69 Å². The van der Waals surface area contributed by atoms with Gasteiger partial charge in [-0.2, -0.15) is 11.8 Å². The minimum absolute atomic E-state index is 0.00509. The van der Waals surface area contributed by atoms with Crippen LogP contribution in [0.5, 0.6) is 5.75 Å². The van der Waals surface area contributed by atoms with Crippen molar-refractivity contribution in [2.24, 2.45) is 0 Å². The van der Waals surface area contributed by atoms with Crippen molar-refractivity contribution in [1.29, 1.82) is 0 Å². The molecular formula is C14H18N2O2S. The Morgan fingerprint density at radius 2 is 2.32 bits per heavy atom. The van der Waals surface area contributed by atoms with Gasteiger partial charge in [0.25, 0.3) is 5.91 Å². The molecule has 1 aromatic carbocycles. The number of para-hydroxylation sites is 2. The molecule has 2 aliphatic heterocycles. The standard InChI is InChI=1S/C14H18N2O2S/c17-14(16-10-4-3-7-19-9-10)13-8-15-11-5-1-2-6-12(11)18-13/h1-2,5-6,10,13,15H,3-4,7-9H2,(H,16,17).